The van der Waals surface area contributed by atoms with Gasteiger partial charge in [0, 0.05) is 27.3 Å². The first-order valence-corrected chi connectivity index (χ1v) is 24.8. The van der Waals surface area contributed by atoms with E-state index in [1.54, 1.807) is 0 Å². The zero-order valence-electron chi connectivity index (χ0n) is 2.29. The third-order valence-corrected chi connectivity index (χ3v) is 0. The van der Waals surface area contributed by atoms with Crippen molar-refractivity contribution in [3.63, 3.8) is 0 Å². The summed E-state index contributed by atoms with van der Waals surface area (Å²) in [5.74, 6) is 0. The van der Waals surface area contributed by atoms with Crippen LogP contribution in [0.4, 0.5) is 0 Å². The minimum atomic E-state index is -1.28. The number of hydrogen-bond acceptors (Lipinski definition) is 0. The van der Waals surface area contributed by atoms with Gasteiger partial charge in [-0.2, -0.15) is 0 Å². The Morgan fingerprint density at radius 3 is 1.00 bits per heavy atom. The van der Waals surface area contributed by atoms with Crippen molar-refractivity contribution in [1.82, 2.24) is 0 Å². The molecule has 0 fully saturated rings. The van der Waals surface area contributed by atoms with Crippen molar-refractivity contribution in [1.29, 1.82) is 0 Å². The van der Waals surface area contributed by atoms with E-state index in [4.69, 9.17) is 0 Å². The molecule has 1 radical (unpaired) electrons. The third kappa shape index (κ3) is 24.2. The van der Waals surface area contributed by atoms with Crippen molar-refractivity contribution >= 4 is 76.7 Å². The predicted molar refractivity (Wildman–Crippen MR) is 39.7 cm³/mol. The molecule has 0 unspecified atom stereocenters. The summed E-state index contributed by atoms with van der Waals surface area (Å²) in [7, 11) is 9.98. The maximum absolute atomic E-state index is 3.33. The second kappa shape index (κ2) is 11.9. The van der Waals surface area contributed by atoms with E-state index in [2.05, 4.69) is 30.5 Å². The van der Waals surface area contributed by atoms with E-state index >= 15 is 0 Å². The molecule has 0 aliphatic heterocycles. The maximum atomic E-state index is 3.33. The molecular weight excluding hydrogens is 590 g/mol. The van der Waals surface area contributed by atoms with Gasteiger partial charge in [-0.3, -0.25) is 0 Å². The summed E-state index contributed by atoms with van der Waals surface area (Å²) >= 11 is -1.28. The molecule has 0 nitrogen and oxygen atoms in total. The Bertz CT molecular complexity index is 15.5. The first-order valence-electron chi connectivity index (χ1n) is 0.655. The van der Waals surface area contributed by atoms with Gasteiger partial charge in [-0.1, -0.05) is 0 Å². The Balaban J connectivity index is -0.0000000450. The minimum Gasteiger partial charge on any atom is 0 e. The van der Waals surface area contributed by atoms with Crippen molar-refractivity contribution in [3.8, 4) is 0 Å². The van der Waals surface area contributed by atoms with Crippen LogP contribution in [-0.4, -0.2) is 46.2 Å². The predicted octanol–water partition coefficient (Wildman–Crippen LogP) is 1.51. The largest absolute Gasteiger partial charge is 0 e. The molecule has 0 heterocycles. The van der Waals surface area contributed by atoms with Gasteiger partial charge < -0.3 is 0 Å². The van der Waals surface area contributed by atoms with Gasteiger partial charge in [0.1, 0.15) is 0 Å². The summed E-state index contributed by atoms with van der Waals surface area (Å²) in [5.41, 5.74) is 0. The van der Waals surface area contributed by atoms with Gasteiger partial charge in [-0.05, 0) is 0 Å². The molecule has 0 atom stereocenters. The van der Waals surface area contributed by atoms with Crippen LogP contribution < -0.4 is 0 Å². The van der Waals surface area contributed by atoms with Crippen LogP contribution in [0, 0.1) is 21.5 Å². The summed E-state index contributed by atoms with van der Waals surface area (Å²) in [4.78, 5) is 0. The minimum absolute atomic E-state index is 0. The van der Waals surface area contributed by atoms with Gasteiger partial charge in [0.05, 0.1) is 0 Å². The van der Waals surface area contributed by atoms with Crippen LogP contribution in [0.25, 0.3) is 0 Å². The molecule has 0 aromatic carbocycles. The Morgan fingerprint density at radius 2 is 1.00 bits per heavy atom. The fourth-order valence-corrected chi connectivity index (χ4v) is 0. The molecule has 6 heavy (non-hydrogen) atoms. The van der Waals surface area contributed by atoms with E-state index in [-0.39, 0.29) is 46.2 Å². The van der Waals surface area contributed by atoms with Gasteiger partial charge in [0.25, 0.3) is 0 Å². The Kier molecular flexibility index (Phi) is 33.0. The number of hydrogen-bond donors (Lipinski definition) is 0. The molecule has 0 amide bonds. The summed E-state index contributed by atoms with van der Waals surface area (Å²) in [6.07, 6.45) is 0. The average molecular weight is 591 g/mol. The monoisotopic (exact) mass is 589 g/mol. The van der Waals surface area contributed by atoms with Crippen LogP contribution in [0.15, 0.2) is 0 Å². The van der Waals surface area contributed by atoms with Crippen molar-refractivity contribution in [3.05, 3.63) is 0 Å². The Hall–Kier alpha value is 4.15. The molecule has 0 saturated carbocycles. The molecule has 0 aromatic heterocycles. The second-order valence-corrected chi connectivity index (χ2v) is 48.6. The van der Waals surface area contributed by atoms with E-state index in [9.17, 15) is 0 Å². The average Bonchev–Trinajstić information content (AvgIpc) is 0.811. The summed E-state index contributed by atoms with van der Waals surface area (Å²) in [6, 6.07) is 0. The first kappa shape index (κ1) is 16.6. The second-order valence-electron chi connectivity index (χ2n) is 0.247. The van der Waals surface area contributed by atoms with Crippen LogP contribution >= 0.6 is 30.5 Å². The number of halogens is 3. The Labute approximate surface area is 95.1 Å². The van der Waals surface area contributed by atoms with Gasteiger partial charge in [-0.25, -0.2) is 0 Å². The van der Waals surface area contributed by atoms with Crippen LogP contribution in [0.1, 0.15) is 0 Å². The topological polar surface area (TPSA) is 0 Å². The zero-order valence-corrected chi connectivity index (χ0v) is 15.2. The third-order valence-electron chi connectivity index (χ3n) is 0. The van der Waals surface area contributed by atoms with Crippen molar-refractivity contribution in [2.45, 2.75) is 0 Å². The van der Waals surface area contributed by atoms with E-state index < -0.39 is 21.5 Å². The molecule has 0 aromatic rings. The summed E-state index contributed by atoms with van der Waals surface area (Å²) in [5, 5.41) is 0. The normalized spacial score (nSPS) is 4.50. The first-order chi connectivity index (χ1) is 1.73. The molecular formula is HBr3LaLiTl. The fraction of sp³-hybridized carbons (Fsp3) is 0. The van der Waals surface area contributed by atoms with Gasteiger partial charge in [0.15, 0.2) is 0 Å². The number of rotatable bonds is 0. The van der Waals surface area contributed by atoms with Gasteiger partial charge in [0.2, 0.25) is 0 Å². The van der Waals surface area contributed by atoms with E-state index in [1.165, 1.54) is 0 Å². The molecule has 6 heteroatoms. The summed E-state index contributed by atoms with van der Waals surface area (Å²) < 4.78 is 0. The molecule has 0 saturated heterocycles. The van der Waals surface area contributed by atoms with Crippen molar-refractivity contribution in [2.24, 2.45) is 0 Å². The SMILES string of the molecule is [Br][La]([Br])[Br].[LiH].[Tl]. The zero-order chi connectivity index (χ0) is 3.58. The molecule has 0 rings (SSSR count). The van der Waals surface area contributed by atoms with Crippen molar-refractivity contribution < 1.29 is 21.5 Å². The quantitative estimate of drug-likeness (QED) is 0.376. The molecule has 29 valence electrons. The van der Waals surface area contributed by atoms with Gasteiger partial charge >= 0.3 is 70.9 Å². The molecule has 0 spiro atoms. The van der Waals surface area contributed by atoms with Crippen LogP contribution in [0.5, 0.6) is 0 Å². The van der Waals surface area contributed by atoms with Crippen LogP contribution in [-0.2, 0) is 0 Å². The van der Waals surface area contributed by atoms with E-state index in [0.717, 1.165) is 0 Å². The van der Waals surface area contributed by atoms with Crippen LogP contribution in [0.2, 0.25) is 0 Å². The smallest absolute Gasteiger partial charge is 0 e. The Morgan fingerprint density at radius 1 is 1.00 bits per heavy atom. The molecule has 0 aliphatic rings. The van der Waals surface area contributed by atoms with Gasteiger partial charge in [-0.15, -0.1) is 0 Å². The standard InChI is InChI=1S/3BrH.La.Li.Tl.H/h3*1H;;;;/q;;;+3;;;/p-3. The fourth-order valence-electron chi connectivity index (χ4n) is 0. The summed E-state index contributed by atoms with van der Waals surface area (Å²) in [6.45, 7) is 0. The van der Waals surface area contributed by atoms with E-state index in [1.807, 2.05) is 0 Å². The molecule has 0 N–H and O–H groups in total. The van der Waals surface area contributed by atoms with Crippen molar-refractivity contribution in [2.75, 3.05) is 0 Å². The molecule has 0 aliphatic carbocycles. The van der Waals surface area contributed by atoms with Crippen LogP contribution in [0.3, 0.4) is 0 Å². The molecule has 0 bridgehead atoms. The van der Waals surface area contributed by atoms with E-state index in [0.29, 0.717) is 0 Å². The maximum Gasteiger partial charge on any atom is 0 e.